The predicted octanol–water partition coefficient (Wildman–Crippen LogP) is 4.80. The third-order valence-electron chi connectivity index (χ3n) is 7.70. The summed E-state index contributed by atoms with van der Waals surface area (Å²) in [6, 6.07) is 20.8. The van der Waals surface area contributed by atoms with Crippen LogP contribution >= 0.6 is 0 Å². The minimum Gasteiger partial charge on any atom is -0.489 e. The molecule has 2 aliphatic rings. The molecular formula is C30H28FN5O2. The Morgan fingerprint density at radius 2 is 1.92 bits per heavy atom. The summed E-state index contributed by atoms with van der Waals surface area (Å²) in [5.41, 5.74) is 10.8. The molecule has 8 heteroatoms. The van der Waals surface area contributed by atoms with E-state index in [1.54, 1.807) is 6.07 Å². The molecule has 0 radical (unpaired) electrons. The maximum atomic E-state index is 14.7. The molecule has 2 N–H and O–H groups in total. The first kappa shape index (κ1) is 23.0. The summed E-state index contributed by atoms with van der Waals surface area (Å²) in [5.74, 6) is 1.16. The van der Waals surface area contributed by atoms with E-state index in [9.17, 15) is 9.18 Å². The van der Waals surface area contributed by atoms with Crippen molar-refractivity contribution in [2.75, 3.05) is 19.7 Å². The zero-order chi connectivity index (χ0) is 25.8. The number of nitrogens with zero attached hydrogens (tertiary/aromatic N) is 4. The molecule has 1 fully saturated rings. The molecule has 0 spiro atoms. The number of hydrogen-bond donors (Lipinski definition) is 1. The minimum atomic E-state index is -0.234. The van der Waals surface area contributed by atoms with Crippen molar-refractivity contribution in [2.45, 2.75) is 32.0 Å². The molecule has 38 heavy (non-hydrogen) atoms. The quantitative estimate of drug-likeness (QED) is 0.378. The molecule has 2 aromatic heterocycles. The number of carbonyl (C=O) groups excluding carboxylic acids is 1. The van der Waals surface area contributed by atoms with Crippen LogP contribution in [-0.4, -0.2) is 50.7 Å². The summed E-state index contributed by atoms with van der Waals surface area (Å²) in [7, 11) is 0. The average molecular weight is 510 g/mol. The van der Waals surface area contributed by atoms with E-state index in [1.165, 1.54) is 6.07 Å². The van der Waals surface area contributed by atoms with Crippen LogP contribution in [0.15, 0.2) is 66.7 Å². The number of rotatable bonds is 4. The van der Waals surface area contributed by atoms with Crippen molar-refractivity contribution in [3.05, 3.63) is 83.7 Å². The van der Waals surface area contributed by atoms with Crippen LogP contribution in [0.2, 0.25) is 0 Å². The summed E-state index contributed by atoms with van der Waals surface area (Å²) in [4.78, 5) is 20.3. The Morgan fingerprint density at radius 1 is 1.08 bits per heavy atom. The Labute approximate surface area is 219 Å². The highest BCUT2D eigenvalue weighted by Gasteiger charge is 2.28. The van der Waals surface area contributed by atoms with Gasteiger partial charge in [-0.1, -0.05) is 36.4 Å². The SMILES string of the molecule is N[C@@H]1CCCN(C(=O)c2cc3c4c(c2)nc(-c2cc5ccccc5n2Cc2ccccc2F)n4CCO3)C1. The van der Waals surface area contributed by atoms with Gasteiger partial charge in [-0.15, -0.1) is 0 Å². The molecule has 4 heterocycles. The van der Waals surface area contributed by atoms with Crippen molar-refractivity contribution >= 4 is 27.8 Å². The number of piperidine rings is 1. The Kier molecular flexibility index (Phi) is 5.44. The summed E-state index contributed by atoms with van der Waals surface area (Å²) in [5, 5.41) is 1.06. The second-order valence-electron chi connectivity index (χ2n) is 10.2. The van der Waals surface area contributed by atoms with Crippen molar-refractivity contribution in [1.82, 2.24) is 19.0 Å². The van der Waals surface area contributed by atoms with Gasteiger partial charge in [-0.2, -0.15) is 0 Å². The van der Waals surface area contributed by atoms with Gasteiger partial charge >= 0.3 is 0 Å². The van der Waals surface area contributed by atoms with Gasteiger partial charge in [-0.25, -0.2) is 9.37 Å². The van der Waals surface area contributed by atoms with E-state index in [1.807, 2.05) is 47.4 Å². The highest BCUT2D eigenvalue weighted by Crippen LogP contribution is 2.37. The molecule has 1 atom stereocenters. The maximum Gasteiger partial charge on any atom is 0.254 e. The number of halogens is 1. The first-order chi connectivity index (χ1) is 18.6. The van der Waals surface area contributed by atoms with E-state index in [2.05, 4.69) is 21.3 Å². The van der Waals surface area contributed by atoms with Crippen LogP contribution < -0.4 is 10.5 Å². The largest absolute Gasteiger partial charge is 0.489 e. The number of aromatic nitrogens is 3. The van der Waals surface area contributed by atoms with E-state index in [-0.39, 0.29) is 17.8 Å². The molecule has 7 rings (SSSR count). The summed E-state index contributed by atoms with van der Waals surface area (Å²) in [6.45, 7) is 2.75. The number of carbonyl (C=O) groups is 1. The van der Waals surface area contributed by atoms with Crippen LogP contribution in [0.5, 0.6) is 5.75 Å². The highest BCUT2D eigenvalue weighted by molar-refractivity contribution is 6.00. The maximum absolute atomic E-state index is 14.7. The summed E-state index contributed by atoms with van der Waals surface area (Å²) in [6.07, 6.45) is 1.84. The molecule has 7 nitrogen and oxygen atoms in total. The van der Waals surface area contributed by atoms with Gasteiger partial charge in [0.25, 0.3) is 5.91 Å². The van der Waals surface area contributed by atoms with Crippen LogP contribution in [0.3, 0.4) is 0 Å². The molecule has 1 saturated heterocycles. The zero-order valence-corrected chi connectivity index (χ0v) is 20.9. The molecular weight excluding hydrogens is 481 g/mol. The molecule has 192 valence electrons. The molecule has 3 aromatic carbocycles. The predicted molar refractivity (Wildman–Crippen MR) is 145 cm³/mol. The fraction of sp³-hybridized carbons (Fsp3) is 0.267. The third kappa shape index (κ3) is 3.75. The Bertz CT molecular complexity index is 1700. The lowest BCUT2D eigenvalue weighted by atomic mass is 10.0. The standard InChI is InChI=1S/C30H28FN5O2/c31-23-9-3-1-7-20(23)17-36-25-10-4-2-6-19(25)15-26(36)29-33-24-14-21(16-27-28(24)35(29)12-13-38-27)30(37)34-11-5-8-22(32)18-34/h1-4,6-7,9-10,14-16,22H,5,8,11-13,17-18,32H2/t22-/m1/s1. The van der Waals surface area contributed by atoms with Crippen molar-refractivity contribution in [3.63, 3.8) is 0 Å². The van der Waals surface area contributed by atoms with Crippen molar-refractivity contribution in [1.29, 1.82) is 0 Å². The van der Waals surface area contributed by atoms with Crippen LogP contribution in [-0.2, 0) is 13.1 Å². The monoisotopic (exact) mass is 509 g/mol. The van der Waals surface area contributed by atoms with E-state index in [0.29, 0.717) is 55.2 Å². The van der Waals surface area contributed by atoms with Crippen molar-refractivity contribution in [2.24, 2.45) is 5.73 Å². The fourth-order valence-electron chi connectivity index (χ4n) is 5.86. The van der Waals surface area contributed by atoms with Gasteiger partial charge in [-0.05, 0) is 43.2 Å². The summed E-state index contributed by atoms with van der Waals surface area (Å²) >= 11 is 0. The molecule has 1 amide bonds. The van der Waals surface area contributed by atoms with Gasteiger partial charge < -0.3 is 24.5 Å². The number of ether oxygens (including phenoxy) is 1. The fourth-order valence-corrected chi connectivity index (χ4v) is 5.86. The Morgan fingerprint density at radius 3 is 2.79 bits per heavy atom. The second kappa shape index (κ2) is 8.99. The van der Waals surface area contributed by atoms with Crippen LogP contribution in [0.25, 0.3) is 33.5 Å². The van der Waals surface area contributed by atoms with E-state index in [4.69, 9.17) is 15.5 Å². The molecule has 0 bridgehead atoms. The van der Waals surface area contributed by atoms with E-state index in [0.717, 1.165) is 40.8 Å². The number of benzene rings is 3. The van der Waals surface area contributed by atoms with E-state index < -0.39 is 0 Å². The van der Waals surface area contributed by atoms with Crippen molar-refractivity contribution in [3.8, 4) is 17.3 Å². The van der Waals surface area contributed by atoms with Crippen molar-refractivity contribution < 1.29 is 13.9 Å². The number of imidazole rings is 1. The Balaban J connectivity index is 1.37. The van der Waals surface area contributed by atoms with Crippen LogP contribution in [0, 0.1) is 5.82 Å². The normalized spacial score (nSPS) is 17.2. The van der Waals surface area contributed by atoms with Gasteiger partial charge in [0.15, 0.2) is 5.82 Å². The lowest BCUT2D eigenvalue weighted by molar-refractivity contribution is 0.0708. The van der Waals surface area contributed by atoms with Crippen LogP contribution in [0.4, 0.5) is 4.39 Å². The molecule has 0 aliphatic carbocycles. The number of fused-ring (bicyclic) bond motifs is 1. The highest BCUT2D eigenvalue weighted by atomic mass is 19.1. The number of para-hydroxylation sites is 1. The second-order valence-corrected chi connectivity index (χ2v) is 10.2. The smallest absolute Gasteiger partial charge is 0.254 e. The molecule has 5 aromatic rings. The van der Waals surface area contributed by atoms with Gasteiger partial charge in [0.2, 0.25) is 0 Å². The van der Waals surface area contributed by atoms with Gasteiger partial charge in [0.1, 0.15) is 23.7 Å². The number of hydrogen-bond acceptors (Lipinski definition) is 4. The number of amides is 1. The first-order valence-corrected chi connectivity index (χ1v) is 13.1. The minimum absolute atomic E-state index is 0.00761. The lowest BCUT2D eigenvalue weighted by Crippen LogP contribution is -2.45. The summed E-state index contributed by atoms with van der Waals surface area (Å²) < 4.78 is 25.0. The molecule has 0 unspecified atom stereocenters. The van der Waals surface area contributed by atoms with Gasteiger partial charge in [0.05, 0.1) is 24.3 Å². The number of likely N-dealkylation sites (tertiary alicyclic amines) is 1. The topological polar surface area (TPSA) is 78.3 Å². The average Bonchev–Trinajstić information content (AvgIpc) is 3.49. The van der Waals surface area contributed by atoms with Gasteiger partial charge in [-0.3, -0.25) is 4.79 Å². The van der Waals surface area contributed by atoms with Gasteiger partial charge in [0, 0.05) is 41.2 Å². The third-order valence-corrected chi connectivity index (χ3v) is 7.70. The first-order valence-electron chi connectivity index (χ1n) is 13.1. The zero-order valence-electron chi connectivity index (χ0n) is 20.9. The Hall–Kier alpha value is -4.17. The van der Waals surface area contributed by atoms with E-state index >= 15 is 0 Å². The molecule has 2 aliphatic heterocycles. The number of nitrogens with two attached hydrogens (primary N) is 1. The molecule has 0 saturated carbocycles. The van der Waals surface area contributed by atoms with Crippen LogP contribution in [0.1, 0.15) is 28.8 Å². The lowest BCUT2D eigenvalue weighted by Gasteiger charge is -2.31.